The molecule has 1 aromatic heterocycles. The molecular weight excluding hydrogens is 338 g/mol. The number of ether oxygens (including phenoxy) is 3. The van der Waals surface area contributed by atoms with Gasteiger partial charge in [0.25, 0.3) is 5.91 Å². The van der Waals surface area contributed by atoms with Crippen molar-refractivity contribution in [3.63, 3.8) is 0 Å². The first kappa shape index (κ1) is 19.5. The molecule has 2 rings (SSSR count). The molecule has 2 aromatic rings. The number of hydrogen-bond donors (Lipinski definition) is 3. The van der Waals surface area contributed by atoms with Crippen molar-refractivity contribution in [1.29, 1.82) is 0 Å². The summed E-state index contributed by atoms with van der Waals surface area (Å²) in [6.45, 7) is 1.36. The molecule has 0 saturated heterocycles. The number of nitrogens with zero attached hydrogens (tertiary/aromatic N) is 1. The van der Waals surface area contributed by atoms with E-state index in [0.29, 0.717) is 48.3 Å². The van der Waals surface area contributed by atoms with E-state index in [4.69, 9.17) is 19.3 Å². The molecule has 0 aliphatic rings. The second-order valence-electron chi connectivity index (χ2n) is 5.25. The number of nitrogens with one attached hydrogen (secondary N) is 2. The van der Waals surface area contributed by atoms with Gasteiger partial charge in [0.2, 0.25) is 0 Å². The Bertz CT molecular complexity index is 684. The van der Waals surface area contributed by atoms with Crippen molar-refractivity contribution < 1.29 is 24.1 Å². The number of carbonyl (C=O) groups is 1. The maximum Gasteiger partial charge on any atom is 0.255 e. The summed E-state index contributed by atoms with van der Waals surface area (Å²) < 4.78 is 15.5. The minimum atomic E-state index is -0.290. The largest absolute Gasteiger partial charge is 0.497 e. The highest BCUT2D eigenvalue weighted by Crippen LogP contribution is 2.23. The van der Waals surface area contributed by atoms with Crippen LogP contribution in [0.5, 0.6) is 11.5 Å². The van der Waals surface area contributed by atoms with E-state index >= 15 is 0 Å². The predicted molar refractivity (Wildman–Crippen MR) is 98.1 cm³/mol. The molecule has 0 saturated carbocycles. The van der Waals surface area contributed by atoms with Gasteiger partial charge in [0.15, 0.2) is 0 Å². The molecule has 8 nitrogen and oxygen atoms in total. The summed E-state index contributed by atoms with van der Waals surface area (Å²) in [5, 5.41) is 14.5. The molecular formula is C18H23N3O5. The predicted octanol–water partition coefficient (Wildman–Crippen LogP) is 1.77. The van der Waals surface area contributed by atoms with E-state index in [1.807, 2.05) is 0 Å². The van der Waals surface area contributed by atoms with Gasteiger partial charge >= 0.3 is 0 Å². The third kappa shape index (κ3) is 5.91. The fraction of sp³-hybridized carbons (Fsp3) is 0.333. The van der Waals surface area contributed by atoms with Crippen LogP contribution in [0.25, 0.3) is 0 Å². The van der Waals surface area contributed by atoms with E-state index in [9.17, 15) is 4.79 Å². The molecule has 0 fully saturated rings. The average molecular weight is 361 g/mol. The first-order chi connectivity index (χ1) is 12.7. The molecule has 0 aliphatic carbocycles. The molecule has 0 radical (unpaired) electrons. The summed E-state index contributed by atoms with van der Waals surface area (Å²) in [5.74, 6) is 1.45. The summed E-state index contributed by atoms with van der Waals surface area (Å²) >= 11 is 0. The van der Waals surface area contributed by atoms with Gasteiger partial charge in [-0.25, -0.2) is 4.98 Å². The molecule has 3 N–H and O–H groups in total. The first-order valence-corrected chi connectivity index (χ1v) is 8.09. The van der Waals surface area contributed by atoms with Gasteiger partial charge in [-0.3, -0.25) is 4.79 Å². The number of rotatable bonds is 10. The van der Waals surface area contributed by atoms with E-state index in [1.54, 1.807) is 36.5 Å². The van der Waals surface area contributed by atoms with Crippen LogP contribution in [-0.4, -0.2) is 56.6 Å². The Morgan fingerprint density at radius 2 is 1.85 bits per heavy atom. The Hall–Kier alpha value is -2.84. The molecule has 1 heterocycles. The van der Waals surface area contributed by atoms with Crippen molar-refractivity contribution in [2.45, 2.75) is 0 Å². The fourth-order valence-electron chi connectivity index (χ4n) is 2.13. The van der Waals surface area contributed by atoms with Gasteiger partial charge in [-0.1, -0.05) is 0 Å². The van der Waals surface area contributed by atoms with Gasteiger partial charge in [0.05, 0.1) is 45.9 Å². The summed E-state index contributed by atoms with van der Waals surface area (Å²) in [4.78, 5) is 16.6. The van der Waals surface area contributed by atoms with Crippen LogP contribution in [0.3, 0.4) is 0 Å². The van der Waals surface area contributed by atoms with Crippen LogP contribution in [0.4, 0.5) is 11.5 Å². The lowest BCUT2D eigenvalue weighted by atomic mass is 10.2. The number of hydrogen-bond acceptors (Lipinski definition) is 7. The smallest absolute Gasteiger partial charge is 0.255 e. The SMILES string of the molecule is COc1cc(OC)cc(C(=O)Nc2ccc(NCCOCCO)nc2)c1. The molecule has 140 valence electrons. The zero-order valence-corrected chi connectivity index (χ0v) is 14.8. The van der Waals surface area contributed by atoms with E-state index in [1.165, 1.54) is 14.2 Å². The van der Waals surface area contributed by atoms with Crippen LogP contribution in [0.2, 0.25) is 0 Å². The van der Waals surface area contributed by atoms with Gasteiger partial charge in [0, 0.05) is 18.2 Å². The summed E-state index contributed by atoms with van der Waals surface area (Å²) in [5.41, 5.74) is 0.989. The van der Waals surface area contributed by atoms with Crippen molar-refractivity contribution in [3.05, 3.63) is 42.1 Å². The summed E-state index contributed by atoms with van der Waals surface area (Å²) in [6.07, 6.45) is 1.56. The highest BCUT2D eigenvalue weighted by Gasteiger charge is 2.10. The third-order valence-electron chi connectivity index (χ3n) is 3.42. The van der Waals surface area contributed by atoms with E-state index < -0.39 is 0 Å². The van der Waals surface area contributed by atoms with E-state index in [-0.39, 0.29) is 12.5 Å². The van der Waals surface area contributed by atoms with Crippen LogP contribution >= 0.6 is 0 Å². The molecule has 0 spiro atoms. The number of amides is 1. The first-order valence-electron chi connectivity index (χ1n) is 8.09. The van der Waals surface area contributed by atoms with Crippen molar-refractivity contribution in [2.75, 3.05) is 51.2 Å². The Balaban J connectivity index is 1.93. The molecule has 8 heteroatoms. The second-order valence-corrected chi connectivity index (χ2v) is 5.25. The zero-order valence-electron chi connectivity index (χ0n) is 14.8. The summed E-state index contributed by atoms with van der Waals surface area (Å²) in [6, 6.07) is 8.47. The van der Waals surface area contributed by atoms with Crippen molar-refractivity contribution in [1.82, 2.24) is 4.98 Å². The Morgan fingerprint density at radius 3 is 2.42 bits per heavy atom. The normalized spacial score (nSPS) is 10.3. The van der Waals surface area contributed by atoms with Gasteiger partial charge in [-0.05, 0) is 24.3 Å². The summed E-state index contributed by atoms with van der Waals surface area (Å²) in [7, 11) is 3.06. The van der Waals surface area contributed by atoms with E-state index in [0.717, 1.165) is 0 Å². The molecule has 26 heavy (non-hydrogen) atoms. The zero-order chi connectivity index (χ0) is 18.8. The number of anilines is 2. The lowest BCUT2D eigenvalue weighted by Gasteiger charge is -2.10. The molecule has 0 unspecified atom stereocenters. The number of aliphatic hydroxyl groups is 1. The molecule has 0 atom stereocenters. The number of carbonyl (C=O) groups excluding carboxylic acids is 1. The standard InChI is InChI=1S/C18H23N3O5/c1-24-15-9-13(10-16(11-15)25-2)18(23)21-14-3-4-17(20-12-14)19-5-7-26-8-6-22/h3-4,9-12,22H,5-8H2,1-2H3,(H,19,20)(H,21,23). The maximum absolute atomic E-state index is 12.4. The highest BCUT2D eigenvalue weighted by molar-refractivity contribution is 6.04. The Kier molecular flexibility index (Phi) is 7.66. The van der Waals surface area contributed by atoms with Gasteiger partial charge in [-0.2, -0.15) is 0 Å². The van der Waals surface area contributed by atoms with Crippen molar-refractivity contribution >= 4 is 17.4 Å². The van der Waals surface area contributed by atoms with Gasteiger partial charge in [-0.15, -0.1) is 0 Å². The molecule has 1 aromatic carbocycles. The van der Waals surface area contributed by atoms with Crippen molar-refractivity contribution in [3.8, 4) is 11.5 Å². The van der Waals surface area contributed by atoms with Crippen molar-refractivity contribution in [2.24, 2.45) is 0 Å². The van der Waals surface area contributed by atoms with Crippen LogP contribution in [-0.2, 0) is 4.74 Å². The number of aromatic nitrogens is 1. The van der Waals surface area contributed by atoms with Crippen LogP contribution in [0, 0.1) is 0 Å². The van der Waals surface area contributed by atoms with E-state index in [2.05, 4.69) is 15.6 Å². The van der Waals surface area contributed by atoms with Gasteiger partial charge < -0.3 is 30.0 Å². The second kappa shape index (κ2) is 10.2. The topological polar surface area (TPSA) is 102 Å². The van der Waals surface area contributed by atoms with Crippen LogP contribution < -0.4 is 20.1 Å². The maximum atomic E-state index is 12.4. The van der Waals surface area contributed by atoms with Gasteiger partial charge in [0.1, 0.15) is 17.3 Å². The fourth-order valence-corrected chi connectivity index (χ4v) is 2.13. The van der Waals surface area contributed by atoms with Crippen LogP contribution in [0.15, 0.2) is 36.5 Å². The lowest BCUT2D eigenvalue weighted by molar-refractivity contribution is 0.0992. The number of benzene rings is 1. The minimum Gasteiger partial charge on any atom is -0.497 e. The lowest BCUT2D eigenvalue weighted by Crippen LogP contribution is -2.14. The third-order valence-corrected chi connectivity index (χ3v) is 3.42. The highest BCUT2D eigenvalue weighted by atomic mass is 16.5. The minimum absolute atomic E-state index is 0.00576. The number of methoxy groups -OCH3 is 2. The number of aliphatic hydroxyl groups excluding tert-OH is 1. The Morgan fingerprint density at radius 1 is 1.12 bits per heavy atom. The quantitative estimate of drug-likeness (QED) is 0.554. The number of pyridine rings is 1. The monoisotopic (exact) mass is 361 g/mol. The average Bonchev–Trinajstić information content (AvgIpc) is 2.68. The Labute approximate surface area is 152 Å². The molecule has 1 amide bonds. The van der Waals surface area contributed by atoms with Crippen LogP contribution in [0.1, 0.15) is 10.4 Å². The molecule has 0 aliphatic heterocycles. The molecule has 0 bridgehead atoms.